The number of pyridine rings is 1. The van der Waals surface area contributed by atoms with Gasteiger partial charge in [0.25, 0.3) is 0 Å². The SMILES string of the molecule is Nc1c(NCCO)nc2ccccn12. The highest BCUT2D eigenvalue weighted by molar-refractivity contribution is 5.65. The van der Waals surface area contributed by atoms with Crippen LogP contribution in [0.3, 0.4) is 0 Å². The number of rotatable bonds is 3. The number of nitrogen functional groups attached to an aromatic ring is 1. The molecule has 4 N–H and O–H groups in total. The second-order valence-electron chi connectivity index (χ2n) is 2.92. The predicted octanol–water partition coefficient (Wildman–Crippen LogP) is 0.321. The van der Waals surface area contributed by atoms with Crippen molar-refractivity contribution < 1.29 is 5.11 Å². The van der Waals surface area contributed by atoms with E-state index in [0.29, 0.717) is 18.2 Å². The van der Waals surface area contributed by atoms with E-state index in [1.54, 1.807) is 4.40 Å². The van der Waals surface area contributed by atoms with Crippen molar-refractivity contribution in [1.82, 2.24) is 9.38 Å². The zero-order chi connectivity index (χ0) is 9.97. The van der Waals surface area contributed by atoms with Gasteiger partial charge in [0.15, 0.2) is 11.6 Å². The third-order valence-electron chi connectivity index (χ3n) is 1.97. The highest BCUT2D eigenvalue weighted by atomic mass is 16.3. The van der Waals surface area contributed by atoms with Gasteiger partial charge in [0.1, 0.15) is 5.65 Å². The number of fused-ring (bicyclic) bond motifs is 1. The maximum atomic E-state index is 8.66. The minimum atomic E-state index is 0.0628. The molecule has 2 rings (SSSR count). The van der Waals surface area contributed by atoms with Gasteiger partial charge < -0.3 is 16.2 Å². The van der Waals surface area contributed by atoms with Crippen LogP contribution in [0.15, 0.2) is 24.4 Å². The van der Waals surface area contributed by atoms with Crippen molar-refractivity contribution in [2.24, 2.45) is 0 Å². The van der Waals surface area contributed by atoms with Crippen LogP contribution in [0.4, 0.5) is 11.6 Å². The summed E-state index contributed by atoms with van der Waals surface area (Å²) in [7, 11) is 0. The van der Waals surface area contributed by atoms with Crippen molar-refractivity contribution in [1.29, 1.82) is 0 Å². The molecule has 2 aromatic rings. The number of aliphatic hydroxyl groups is 1. The first-order chi connectivity index (χ1) is 6.83. The average Bonchev–Trinajstić information content (AvgIpc) is 2.54. The predicted molar refractivity (Wildman–Crippen MR) is 55.2 cm³/mol. The molecule has 0 aliphatic rings. The monoisotopic (exact) mass is 192 g/mol. The number of nitrogens with one attached hydrogen (secondary N) is 1. The lowest BCUT2D eigenvalue weighted by molar-refractivity contribution is 0.311. The van der Waals surface area contributed by atoms with Crippen LogP contribution < -0.4 is 11.1 Å². The van der Waals surface area contributed by atoms with Crippen molar-refractivity contribution in [2.75, 3.05) is 24.2 Å². The maximum absolute atomic E-state index is 8.66. The fourth-order valence-electron chi connectivity index (χ4n) is 1.32. The first-order valence-corrected chi connectivity index (χ1v) is 4.40. The van der Waals surface area contributed by atoms with E-state index in [2.05, 4.69) is 10.3 Å². The lowest BCUT2D eigenvalue weighted by atomic mass is 10.5. The van der Waals surface area contributed by atoms with Crippen molar-refractivity contribution in [3.63, 3.8) is 0 Å². The summed E-state index contributed by atoms with van der Waals surface area (Å²) in [5.41, 5.74) is 6.63. The minimum Gasteiger partial charge on any atom is -0.395 e. The zero-order valence-electron chi connectivity index (χ0n) is 7.64. The molecule has 0 bridgehead atoms. The van der Waals surface area contributed by atoms with Gasteiger partial charge in [-0.25, -0.2) is 4.98 Å². The number of aromatic nitrogens is 2. The summed E-state index contributed by atoms with van der Waals surface area (Å²) in [5.74, 6) is 1.18. The molecule has 0 saturated carbocycles. The van der Waals surface area contributed by atoms with Crippen molar-refractivity contribution in [2.45, 2.75) is 0 Å². The highest BCUT2D eigenvalue weighted by Gasteiger charge is 2.06. The summed E-state index contributed by atoms with van der Waals surface area (Å²) in [6.07, 6.45) is 1.85. The Hall–Kier alpha value is -1.75. The van der Waals surface area contributed by atoms with Crippen LogP contribution in [-0.2, 0) is 0 Å². The van der Waals surface area contributed by atoms with E-state index >= 15 is 0 Å². The molecular weight excluding hydrogens is 180 g/mol. The molecule has 0 aromatic carbocycles. The maximum Gasteiger partial charge on any atom is 0.169 e. The molecule has 0 amide bonds. The van der Waals surface area contributed by atoms with Gasteiger partial charge in [-0.15, -0.1) is 0 Å². The largest absolute Gasteiger partial charge is 0.395 e. The van der Waals surface area contributed by atoms with E-state index in [4.69, 9.17) is 10.8 Å². The molecule has 5 heteroatoms. The molecule has 14 heavy (non-hydrogen) atoms. The highest BCUT2D eigenvalue weighted by Crippen LogP contribution is 2.18. The number of nitrogens with two attached hydrogens (primary N) is 1. The molecule has 0 aliphatic heterocycles. The topological polar surface area (TPSA) is 75.6 Å². The van der Waals surface area contributed by atoms with Gasteiger partial charge in [-0.2, -0.15) is 0 Å². The third-order valence-corrected chi connectivity index (χ3v) is 1.97. The lowest BCUT2D eigenvalue weighted by Gasteiger charge is -2.00. The first-order valence-electron chi connectivity index (χ1n) is 4.40. The molecule has 5 nitrogen and oxygen atoms in total. The van der Waals surface area contributed by atoms with Crippen LogP contribution in [0.5, 0.6) is 0 Å². The fourth-order valence-corrected chi connectivity index (χ4v) is 1.32. The van der Waals surface area contributed by atoms with E-state index in [0.717, 1.165) is 5.65 Å². The Morgan fingerprint density at radius 3 is 3.07 bits per heavy atom. The van der Waals surface area contributed by atoms with E-state index in [9.17, 15) is 0 Å². The Kier molecular flexibility index (Phi) is 2.24. The van der Waals surface area contributed by atoms with E-state index in [1.807, 2.05) is 24.4 Å². The number of hydrogen-bond acceptors (Lipinski definition) is 4. The van der Waals surface area contributed by atoms with Gasteiger partial charge >= 0.3 is 0 Å². The normalized spacial score (nSPS) is 10.6. The van der Waals surface area contributed by atoms with Gasteiger partial charge in [-0.1, -0.05) is 6.07 Å². The fraction of sp³-hybridized carbons (Fsp3) is 0.222. The second-order valence-corrected chi connectivity index (χ2v) is 2.92. The van der Waals surface area contributed by atoms with E-state index in [-0.39, 0.29) is 6.61 Å². The van der Waals surface area contributed by atoms with Crippen molar-refractivity contribution in [3.8, 4) is 0 Å². The van der Waals surface area contributed by atoms with Crippen LogP contribution in [0, 0.1) is 0 Å². The molecule has 2 heterocycles. The molecule has 0 atom stereocenters. The van der Waals surface area contributed by atoms with Gasteiger partial charge in [-0.05, 0) is 12.1 Å². The standard InChI is InChI=1S/C9H12N4O/c10-8-9(11-4-6-14)12-7-3-1-2-5-13(7)8/h1-3,5,11,14H,4,6,10H2. The lowest BCUT2D eigenvalue weighted by Crippen LogP contribution is -2.07. The molecule has 74 valence electrons. The van der Waals surface area contributed by atoms with Crippen LogP contribution in [0.2, 0.25) is 0 Å². The van der Waals surface area contributed by atoms with Gasteiger partial charge in [0, 0.05) is 12.7 Å². The Bertz CT molecular complexity index is 437. The zero-order valence-corrected chi connectivity index (χ0v) is 7.64. The van der Waals surface area contributed by atoms with Crippen LogP contribution >= 0.6 is 0 Å². The Balaban J connectivity index is 2.41. The quantitative estimate of drug-likeness (QED) is 0.654. The second kappa shape index (κ2) is 3.55. The van der Waals surface area contributed by atoms with Crippen molar-refractivity contribution >= 4 is 17.3 Å². The Morgan fingerprint density at radius 1 is 1.50 bits per heavy atom. The number of hydrogen-bond donors (Lipinski definition) is 3. The van der Waals surface area contributed by atoms with Crippen LogP contribution in [-0.4, -0.2) is 27.6 Å². The smallest absolute Gasteiger partial charge is 0.169 e. The van der Waals surface area contributed by atoms with Gasteiger partial charge in [-0.3, -0.25) is 4.40 Å². The molecule has 0 fully saturated rings. The molecule has 0 saturated heterocycles. The number of anilines is 2. The minimum absolute atomic E-state index is 0.0628. The van der Waals surface area contributed by atoms with Gasteiger partial charge in [0.2, 0.25) is 0 Å². The number of aliphatic hydroxyl groups excluding tert-OH is 1. The van der Waals surface area contributed by atoms with Crippen LogP contribution in [0.1, 0.15) is 0 Å². The summed E-state index contributed by atoms with van der Waals surface area (Å²) in [5, 5.41) is 11.6. The number of imidazole rings is 1. The van der Waals surface area contributed by atoms with E-state index < -0.39 is 0 Å². The van der Waals surface area contributed by atoms with Crippen LogP contribution in [0.25, 0.3) is 5.65 Å². The van der Waals surface area contributed by atoms with E-state index in [1.165, 1.54) is 0 Å². The summed E-state index contributed by atoms with van der Waals surface area (Å²) >= 11 is 0. The summed E-state index contributed by atoms with van der Waals surface area (Å²) in [6.45, 7) is 0.515. The molecule has 0 aliphatic carbocycles. The summed E-state index contributed by atoms with van der Waals surface area (Å²) in [4.78, 5) is 4.27. The molecule has 0 radical (unpaired) electrons. The Morgan fingerprint density at radius 2 is 2.36 bits per heavy atom. The number of nitrogens with zero attached hydrogens (tertiary/aromatic N) is 2. The molecular formula is C9H12N4O. The summed E-state index contributed by atoms with van der Waals surface area (Å²) < 4.78 is 1.79. The van der Waals surface area contributed by atoms with Crippen molar-refractivity contribution in [3.05, 3.63) is 24.4 Å². The molecule has 2 aromatic heterocycles. The van der Waals surface area contributed by atoms with Gasteiger partial charge in [0.05, 0.1) is 6.61 Å². The average molecular weight is 192 g/mol. The molecule has 0 unspecified atom stereocenters. The third kappa shape index (κ3) is 1.38. The molecule has 0 spiro atoms. The summed E-state index contributed by atoms with van der Waals surface area (Å²) in [6, 6.07) is 5.67. The Labute approximate surface area is 81.2 Å². The first kappa shape index (κ1) is 8.83.